The summed E-state index contributed by atoms with van der Waals surface area (Å²) in [6.07, 6.45) is 4.36. The molecule has 0 spiro atoms. The smallest absolute Gasteiger partial charge is 0.240 e. The molecule has 0 unspecified atom stereocenters. The van der Waals surface area contributed by atoms with E-state index in [4.69, 9.17) is 14.2 Å². The molecular formula is C33H34Cl2F2N4O5. The van der Waals surface area contributed by atoms with Crippen molar-refractivity contribution in [2.75, 3.05) is 37.4 Å². The van der Waals surface area contributed by atoms with Gasteiger partial charge in [0.2, 0.25) is 11.8 Å². The fourth-order valence-electron chi connectivity index (χ4n) is 5.24. The lowest BCUT2D eigenvalue weighted by Crippen LogP contribution is -2.35. The Balaban J connectivity index is 0.00000240. The van der Waals surface area contributed by atoms with Crippen LogP contribution in [0, 0.1) is 23.0 Å². The number of carbonyl (C=O) groups is 2. The van der Waals surface area contributed by atoms with Gasteiger partial charge in [0.15, 0.2) is 23.1 Å². The molecule has 2 amide bonds. The van der Waals surface area contributed by atoms with Crippen LogP contribution in [0.2, 0.25) is 0 Å². The van der Waals surface area contributed by atoms with E-state index in [1.807, 2.05) is 0 Å². The second-order valence-electron chi connectivity index (χ2n) is 11.1. The van der Waals surface area contributed by atoms with Crippen molar-refractivity contribution < 1.29 is 32.6 Å². The van der Waals surface area contributed by atoms with Gasteiger partial charge in [-0.15, -0.1) is 24.8 Å². The number of pyridine rings is 1. The molecule has 1 aliphatic carbocycles. The minimum Gasteiger partial charge on any atom is -0.493 e. The Bertz CT molecular complexity index is 1700. The number of carbonyl (C=O) groups excluding carboxylic acids is 2. The fraction of sp³-hybridized carbons (Fsp3) is 0.303. The van der Waals surface area contributed by atoms with Crippen molar-refractivity contribution in [2.24, 2.45) is 11.3 Å². The summed E-state index contributed by atoms with van der Waals surface area (Å²) < 4.78 is 46.0. The molecule has 9 nitrogen and oxygen atoms in total. The molecule has 4 aromatic rings. The minimum atomic E-state index is -1.27. The van der Waals surface area contributed by atoms with Gasteiger partial charge in [0.05, 0.1) is 19.2 Å². The molecule has 2 fully saturated rings. The molecule has 46 heavy (non-hydrogen) atoms. The molecule has 0 bridgehead atoms. The van der Waals surface area contributed by atoms with E-state index < -0.39 is 28.9 Å². The van der Waals surface area contributed by atoms with Crippen LogP contribution in [-0.4, -0.2) is 43.6 Å². The van der Waals surface area contributed by atoms with Gasteiger partial charge in [-0.3, -0.25) is 14.6 Å². The van der Waals surface area contributed by atoms with Crippen LogP contribution in [0.4, 0.5) is 20.2 Å². The monoisotopic (exact) mass is 674 g/mol. The normalized spacial score (nSPS) is 15.1. The molecule has 3 N–H and O–H groups in total. The van der Waals surface area contributed by atoms with Crippen LogP contribution in [-0.2, 0) is 9.59 Å². The maximum atomic E-state index is 15.2. The van der Waals surface area contributed by atoms with Gasteiger partial charge in [0.25, 0.3) is 0 Å². The SMILES string of the molecule is COc1cc2c(Oc3ccc(NC(=O)C4(C(=O)Nc5ccc(F)cc5)CC4)cc3F)ccnc2cc1OCC1CCNCC1.Cl.Cl. The van der Waals surface area contributed by atoms with Crippen molar-refractivity contribution in [3.8, 4) is 23.0 Å². The fourth-order valence-corrected chi connectivity index (χ4v) is 5.24. The highest BCUT2D eigenvalue weighted by Crippen LogP contribution is 2.47. The molecule has 0 atom stereocenters. The lowest BCUT2D eigenvalue weighted by atomic mass is 9.99. The maximum Gasteiger partial charge on any atom is 0.240 e. The third-order valence-corrected chi connectivity index (χ3v) is 8.05. The van der Waals surface area contributed by atoms with E-state index >= 15 is 4.39 Å². The van der Waals surface area contributed by atoms with Crippen LogP contribution in [0.3, 0.4) is 0 Å². The number of hydrogen-bond acceptors (Lipinski definition) is 7. The van der Waals surface area contributed by atoms with E-state index in [-0.39, 0.29) is 36.3 Å². The molecule has 1 aliphatic heterocycles. The maximum absolute atomic E-state index is 15.2. The molecule has 1 saturated heterocycles. The Labute approximate surface area is 277 Å². The average Bonchev–Trinajstić information content (AvgIpc) is 3.85. The molecule has 244 valence electrons. The Morgan fingerprint density at radius 1 is 0.870 bits per heavy atom. The van der Waals surface area contributed by atoms with Crippen molar-refractivity contribution in [3.63, 3.8) is 0 Å². The molecule has 3 aromatic carbocycles. The summed E-state index contributed by atoms with van der Waals surface area (Å²) in [4.78, 5) is 30.3. The number of nitrogens with zero attached hydrogens (tertiary/aromatic N) is 1. The Kier molecular flexibility index (Phi) is 11.3. The number of ether oxygens (including phenoxy) is 3. The Morgan fingerprint density at radius 3 is 2.20 bits per heavy atom. The summed E-state index contributed by atoms with van der Waals surface area (Å²) in [5.74, 6) is -0.327. The average molecular weight is 676 g/mol. The lowest BCUT2D eigenvalue weighted by Gasteiger charge is -2.23. The van der Waals surface area contributed by atoms with Gasteiger partial charge < -0.3 is 30.2 Å². The summed E-state index contributed by atoms with van der Waals surface area (Å²) in [5.41, 5.74) is -0.116. The largest absolute Gasteiger partial charge is 0.493 e. The number of piperidine rings is 1. The van der Waals surface area contributed by atoms with Crippen molar-refractivity contribution in [2.45, 2.75) is 25.7 Å². The standard InChI is InChI=1S/C33H32F2N4O5.2ClH/c1-42-29-17-24-26(18-30(29)43-19-20-8-13-36-14-9-20)37-15-10-27(24)44-28-7-6-23(16-25(28)35)39-32(41)33(11-12-33)31(40)38-22-4-2-21(34)3-5-22;;/h2-7,10,15-18,20,36H,8-9,11-14,19H2,1H3,(H,38,40)(H,39,41);2*1H. The third-order valence-electron chi connectivity index (χ3n) is 8.05. The van der Waals surface area contributed by atoms with Gasteiger partial charge >= 0.3 is 0 Å². The lowest BCUT2D eigenvalue weighted by molar-refractivity contribution is -0.131. The van der Waals surface area contributed by atoms with Crippen LogP contribution in [0.15, 0.2) is 66.9 Å². The molecular weight excluding hydrogens is 641 g/mol. The molecule has 0 radical (unpaired) electrons. The van der Waals surface area contributed by atoms with Crippen LogP contribution in [0.25, 0.3) is 10.9 Å². The van der Waals surface area contributed by atoms with E-state index in [1.165, 1.54) is 36.4 Å². The molecule has 1 aromatic heterocycles. The molecule has 2 heterocycles. The van der Waals surface area contributed by atoms with Gasteiger partial charge in [-0.1, -0.05) is 0 Å². The molecule has 2 aliphatic rings. The predicted molar refractivity (Wildman–Crippen MR) is 176 cm³/mol. The first-order chi connectivity index (χ1) is 21.3. The van der Waals surface area contributed by atoms with E-state index in [9.17, 15) is 14.0 Å². The number of benzene rings is 3. The van der Waals surface area contributed by atoms with Crippen molar-refractivity contribution >= 4 is 58.9 Å². The second-order valence-corrected chi connectivity index (χ2v) is 11.1. The highest BCUT2D eigenvalue weighted by Gasteiger charge is 2.56. The first kappa shape index (κ1) is 34.7. The topological polar surface area (TPSA) is 111 Å². The zero-order valence-electron chi connectivity index (χ0n) is 24.9. The zero-order valence-corrected chi connectivity index (χ0v) is 26.6. The van der Waals surface area contributed by atoms with Crippen LogP contribution < -0.4 is 30.2 Å². The Hall–Kier alpha value is -4.19. The van der Waals surface area contributed by atoms with Crippen LogP contribution >= 0.6 is 24.8 Å². The summed E-state index contributed by atoms with van der Waals surface area (Å²) >= 11 is 0. The van der Waals surface area contributed by atoms with E-state index in [0.717, 1.165) is 32.0 Å². The van der Waals surface area contributed by atoms with Gasteiger partial charge in [-0.25, -0.2) is 8.78 Å². The van der Waals surface area contributed by atoms with Crippen molar-refractivity contribution in [1.82, 2.24) is 10.3 Å². The first-order valence-electron chi connectivity index (χ1n) is 14.5. The van der Waals surface area contributed by atoms with E-state index in [2.05, 4.69) is 20.9 Å². The number of methoxy groups -OCH3 is 1. The van der Waals surface area contributed by atoms with Crippen LogP contribution in [0.5, 0.6) is 23.0 Å². The van der Waals surface area contributed by atoms with Crippen LogP contribution in [0.1, 0.15) is 25.7 Å². The highest BCUT2D eigenvalue weighted by atomic mass is 35.5. The second kappa shape index (κ2) is 14.9. The number of nitrogens with one attached hydrogen (secondary N) is 3. The summed E-state index contributed by atoms with van der Waals surface area (Å²) in [6.45, 7) is 2.53. The first-order valence-corrected chi connectivity index (χ1v) is 14.5. The molecule has 6 rings (SSSR count). The summed E-state index contributed by atoms with van der Waals surface area (Å²) in [5, 5.41) is 9.25. The summed E-state index contributed by atoms with van der Waals surface area (Å²) in [6, 6.07) is 14.5. The summed E-state index contributed by atoms with van der Waals surface area (Å²) in [7, 11) is 1.56. The number of amides is 2. The number of hydrogen-bond donors (Lipinski definition) is 3. The number of fused-ring (bicyclic) bond motifs is 1. The van der Waals surface area contributed by atoms with E-state index in [0.29, 0.717) is 59.2 Å². The van der Waals surface area contributed by atoms with Gasteiger partial charge in [-0.05, 0) is 93.2 Å². The number of anilines is 2. The van der Waals surface area contributed by atoms with Crippen molar-refractivity contribution in [1.29, 1.82) is 0 Å². The van der Waals surface area contributed by atoms with E-state index in [1.54, 1.807) is 31.5 Å². The van der Waals surface area contributed by atoms with Crippen molar-refractivity contribution in [3.05, 3.63) is 78.5 Å². The third kappa shape index (κ3) is 7.60. The molecule has 13 heteroatoms. The highest BCUT2D eigenvalue weighted by molar-refractivity contribution is 6.16. The number of rotatable bonds is 10. The molecule has 1 saturated carbocycles. The zero-order chi connectivity index (χ0) is 30.7. The van der Waals surface area contributed by atoms with Gasteiger partial charge in [-0.2, -0.15) is 0 Å². The van der Waals surface area contributed by atoms with Gasteiger partial charge in [0, 0.05) is 35.1 Å². The minimum absolute atomic E-state index is 0. The number of aromatic nitrogens is 1. The van der Waals surface area contributed by atoms with Gasteiger partial charge in [0.1, 0.15) is 17.0 Å². The quantitative estimate of drug-likeness (QED) is 0.157. The Morgan fingerprint density at radius 2 is 1.54 bits per heavy atom. The number of halogens is 4. The predicted octanol–water partition coefficient (Wildman–Crippen LogP) is 6.89.